The minimum absolute atomic E-state index is 0. The first-order chi connectivity index (χ1) is 6.76. The molecule has 0 bridgehead atoms. The summed E-state index contributed by atoms with van der Waals surface area (Å²) in [5, 5.41) is 0. The van der Waals surface area contributed by atoms with E-state index in [9.17, 15) is 4.79 Å². The highest BCUT2D eigenvalue weighted by atomic mass is 127. The summed E-state index contributed by atoms with van der Waals surface area (Å²) in [6.07, 6.45) is 4.73. The Labute approximate surface area is 105 Å². The fourth-order valence-corrected chi connectivity index (χ4v) is 1.41. The molecule has 5 heteroatoms. The number of rotatable bonds is 1. The van der Waals surface area contributed by atoms with Gasteiger partial charge in [-0.15, -0.1) is 4.48 Å². The maximum absolute atomic E-state index is 11.4. The first-order valence-electron chi connectivity index (χ1n) is 4.22. The smallest absolute Gasteiger partial charge is 0.429 e. The van der Waals surface area contributed by atoms with Gasteiger partial charge in [0.2, 0.25) is 6.34 Å². The Morgan fingerprint density at radius 3 is 2.40 bits per heavy atom. The average molecular weight is 315 g/mol. The number of quaternary nitrogens is 1. The molecule has 4 nitrogen and oxygen atoms in total. The van der Waals surface area contributed by atoms with Crippen LogP contribution >= 0.6 is 0 Å². The zero-order chi connectivity index (χ0) is 10.0. The predicted octanol–water partition coefficient (Wildman–Crippen LogP) is -1.41. The number of nitrogens with two attached hydrogens (primary N) is 1. The van der Waals surface area contributed by atoms with E-state index in [4.69, 9.17) is 5.73 Å². The number of urea groups is 1. The van der Waals surface area contributed by atoms with Crippen LogP contribution in [0.2, 0.25) is 0 Å². The van der Waals surface area contributed by atoms with Crippen molar-refractivity contribution in [1.82, 2.24) is 4.48 Å². The van der Waals surface area contributed by atoms with Crippen molar-refractivity contribution in [3.05, 3.63) is 42.7 Å². The SMILES string of the molecule is NC(=O)[N+]1(c2ccccc2)C=CN=C1.[I-]. The zero-order valence-electron chi connectivity index (χ0n) is 7.88. The first-order valence-corrected chi connectivity index (χ1v) is 4.22. The van der Waals surface area contributed by atoms with E-state index in [1.54, 1.807) is 12.4 Å². The van der Waals surface area contributed by atoms with Gasteiger partial charge < -0.3 is 29.7 Å². The van der Waals surface area contributed by atoms with Crippen LogP contribution in [-0.4, -0.2) is 12.4 Å². The monoisotopic (exact) mass is 315 g/mol. The van der Waals surface area contributed by atoms with Crippen LogP contribution in [0.3, 0.4) is 0 Å². The lowest BCUT2D eigenvalue weighted by molar-refractivity contribution is -0.00000614. The van der Waals surface area contributed by atoms with Gasteiger partial charge in [0.1, 0.15) is 6.20 Å². The van der Waals surface area contributed by atoms with Crippen molar-refractivity contribution in [2.45, 2.75) is 0 Å². The second kappa shape index (κ2) is 4.54. The van der Waals surface area contributed by atoms with E-state index < -0.39 is 6.03 Å². The Hall–Kier alpha value is -1.21. The second-order valence-electron chi connectivity index (χ2n) is 3.01. The number of amides is 2. The predicted molar refractivity (Wildman–Crippen MR) is 55.5 cm³/mol. The number of halogens is 1. The molecule has 1 aliphatic heterocycles. The minimum atomic E-state index is -0.464. The summed E-state index contributed by atoms with van der Waals surface area (Å²) in [5.74, 6) is 0. The van der Waals surface area contributed by atoms with Crippen LogP contribution in [0, 0.1) is 0 Å². The summed E-state index contributed by atoms with van der Waals surface area (Å²) >= 11 is 0. The van der Waals surface area contributed by atoms with Crippen molar-refractivity contribution >= 4 is 18.1 Å². The fraction of sp³-hybridized carbons (Fsp3) is 0. The van der Waals surface area contributed by atoms with Crippen molar-refractivity contribution in [1.29, 1.82) is 0 Å². The molecular formula is C10H10IN3O. The Kier molecular flexibility index (Phi) is 3.59. The van der Waals surface area contributed by atoms with E-state index >= 15 is 0 Å². The second-order valence-corrected chi connectivity index (χ2v) is 3.01. The van der Waals surface area contributed by atoms with E-state index in [2.05, 4.69) is 4.99 Å². The van der Waals surface area contributed by atoms with Crippen molar-refractivity contribution < 1.29 is 28.8 Å². The molecule has 0 saturated heterocycles. The molecule has 1 heterocycles. The van der Waals surface area contributed by atoms with Gasteiger partial charge in [0.25, 0.3) is 0 Å². The Bertz CT molecular complexity index is 402. The first kappa shape index (κ1) is 11.9. The van der Waals surface area contributed by atoms with Crippen molar-refractivity contribution in [3.8, 4) is 0 Å². The molecule has 0 aliphatic carbocycles. The third-order valence-corrected chi connectivity index (χ3v) is 2.18. The molecule has 2 N–H and O–H groups in total. The van der Waals surface area contributed by atoms with E-state index in [-0.39, 0.29) is 28.5 Å². The van der Waals surface area contributed by atoms with Gasteiger partial charge >= 0.3 is 6.03 Å². The number of carbonyl (C=O) groups is 1. The number of primary amides is 1. The van der Waals surface area contributed by atoms with Gasteiger partial charge in [0.15, 0.2) is 5.69 Å². The number of hydrogen-bond acceptors (Lipinski definition) is 2. The van der Waals surface area contributed by atoms with Crippen LogP contribution in [0.5, 0.6) is 0 Å². The third-order valence-electron chi connectivity index (χ3n) is 2.18. The Morgan fingerprint density at radius 2 is 1.93 bits per heavy atom. The van der Waals surface area contributed by atoms with E-state index in [0.29, 0.717) is 0 Å². The van der Waals surface area contributed by atoms with Crippen molar-refractivity contribution in [3.63, 3.8) is 0 Å². The van der Waals surface area contributed by atoms with Crippen LogP contribution in [0.15, 0.2) is 47.7 Å². The van der Waals surface area contributed by atoms with E-state index in [1.807, 2.05) is 30.3 Å². The molecule has 0 radical (unpaired) electrons. The Balaban J connectivity index is 0.00000112. The molecule has 0 saturated carbocycles. The lowest BCUT2D eigenvalue weighted by atomic mass is 10.2. The molecule has 0 fully saturated rings. The molecule has 78 valence electrons. The quantitative estimate of drug-likeness (QED) is 0.502. The molecule has 1 aliphatic rings. The van der Waals surface area contributed by atoms with Crippen molar-refractivity contribution in [2.24, 2.45) is 10.7 Å². The number of nitrogens with zero attached hydrogens (tertiary/aromatic N) is 2. The highest BCUT2D eigenvalue weighted by molar-refractivity contribution is 6.03. The molecule has 1 unspecified atom stereocenters. The summed E-state index contributed by atoms with van der Waals surface area (Å²) in [5.41, 5.74) is 6.14. The maximum Gasteiger partial charge on any atom is 0.429 e. The number of hydrogen-bond donors (Lipinski definition) is 1. The van der Waals surface area contributed by atoms with Gasteiger partial charge in [-0.2, -0.15) is 0 Å². The minimum Gasteiger partial charge on any atom is -1.00 e. The van der Waals surface area contributed by atoms with Crippen LogP contribution in [0.1, 0.15) is 0 Å². The van der Waals surface area contributed by atoms with Crippen LogP contribution in [-0.2, 0) is 0 Å². The van der Waals surface area contributed by atoms with Crippen LogP contribution in [0.25, 0.3) is 0 Å². The number of aliphatic imine (C=N–C) groups is 1. The van der Waals surface area contributed by atoms with Crippen molar-refractivity contribution in [2.75, 3.05) is 0 Å². The van der Waals surface area contributed by atoms with Gasteiger partial charge in [0, 0.05) is 12.1 Å². The molecule has 15 heavy (non-hydrogen) atoms. The Morgan fingerprint density at radius 1 is 1.27 bits per heavy atom. The third kappa shape index (κ3) is 1.93. The molecule has 0 aromatic heterocycles. The topological polar surface area (TPSA) is 55.5 Å². The van der Waals surface area contributed by atoms with Gasteiger partial charge in [-0.25, -0.2) is 9.79 Å². The summed E-state index contributed by atoms with van der Waals surface area (Å²) in [7, 11) is 0. The molecule has 1 aromatic rings. The average Bonchev–Trinajstić information content (AvgIpc) is 2.69. The highest BCUT2D eigenvalue weighted by Gasteiger charge is 2.36. The maximum atomic E-state index is 11.4. The lowest BCUT2D eigenvalue weighted by Crippen LogP contribution is -3.00. The van der Waals surface area contributed by atoms with Gasteiger partial charge in [0.05, 0.1) is 6.20 Å². The highest BCUT2D eigenvalue weighted by Crippen LogP contribution is 2.24. The molecular weight excluding hydrogens is 305 g/mol. The summed E-state index contributed by atoms with van der Waals surface area (Å²) in [6.45, 7) is 0. The summed E-state index contributed by atoms with van der Waals surface area (Å²) in [6, 6.07) is 8.82. The molecule has 2 amide bonds. The standard InChI is InChI=1S/C10H9N3O.HI/c11-10(14)13(7-6-12-8-13)9-4-2-1-3-5-9;/h1-8H,(H-,11,14);1H. The van der Waals surface area contributed by atoms with E-state index in [0.717, 1.165) is 5.69 Å². The molecule has 0 spiro atoms. The molecule has 1 atom stereocenters. The van der Waals surface area contributed by atoms with E-state index in [1.165, 1.54) is 6.34 Å². The van der Waals surface area contributed by atoms with Gasteiger partial charge in [-0.1, -0.05) is 18.2 Å². The van der Waals surface area contributed by atoms with Gasteiger partial charge in [-0.3, -0.25) is 0 Å². The zero-order valence-corrected chi connectivity index (χ0v) is 10.0. The van der Waals surface area contributed by atoms with Crippen LogP contribution in [0.4, 0.5) is 10.5 Å². The molecule has 2 rings (SSSR count). The summed E-state index contributed by atoms with van der Waals surface area (Å²) in [4.78, 5) is 15.3. The van der Waals surface area contributed by atoms with Crippen LogP contribution < -0.4 is 34.2 Å². The van der Waals surface area contributed by atoms with Gasteiger partial charge in [-0.05, 0) is 0 Å². The summed E-state index contributed by atoms with van der Waals surface area (Å²) < 4.78 is -0.138. The number of para-hydroxylation sites is 1. The molecule has 1 aromatic carbocycles. The largest absolute Gasteiger partial charge is 1.00 e. The lowest BCUT2D eigenvalue weighted by Gasteiger charge is -2.20. The number of carbonyl (C=O) groups excluding carboxylic acids is 1. The fourth-order valence-electron chi connectivity index (χ4n) is 1.41. The normalized spacial score (nSPS) is 22.4. The number of benzene rings is 1.